The number of aliphatic hydroxyl groups is 2. The van der Waals surface area contributed by atoms with Crippen molar-refractivity contribution < 1.29 is 19.5 Å². The second-order valence-corrected chi connectivity index (χ2v) is 11.5. The van der Waals surface area contributed by atoms with Crippen molar-refractivity contribution in [2.45, 2.75) is 51.1 Å². The fraction of sp³-hybridized carbons (Fsp3) is 0.290. The van der Waals surface area contributed by atoms with Gasteiger partial charge in [0.05, 0.1) is 28.8 Å². The molecule has 214 valence electrons. The van der Waals surface area contributed by atoms with Gasteiger partial charge in [0.2, 0.25) is 0 Å². The largest absolute Gasteiger partial charge is 0.387 e. The Kier molecular flexibility index (Phi) is 7.47. The third kappa shape index (κ3) is 4.82. The highest BCUT2D eigenvalue weighted by Gasteiger charge is 2.44. The van der Waals surface area contributed by atoms with E-state index in [0.29, 0.717) is 28.1 Å². The maximum absolute atomic E-state index is 11.1. The summed E-state index contributed by atoms with van der Waals surface area (Å²) < 4.78 is 13.6. The van der Waals surface area contributed by atoms with E-state index in [2.05, 4.69) is 21.2 Å². The van der Waals surface area contributed by atoms with Crippen molar-refractivity contribution in [2.75, 3.05) is 11.5 Å². The molecule has 1 aliphatic rings. The molecule has 3 aromatic heterocycles. The lowest BCUT2D eigenvalue weighted by Crippen LogP contribution is -2.32. The zero-order valence-corrected chi connectivity index (χ0v) is 24.2. The molecule has 0 amide bonds. The molecule has 6 rings (SSSR count). The summed E-state index contributed by atoms with van der Waals surface area (Å²) in [5.74, 6) is 2.05. The molecular weight excluding hydrogens is 552 g/mol. The van der Waals surface area contributed by atoms with Crippen LogP contribution in [0, 0.1) is 32.1 Å². The summed E-state index contributed by atoms with van der Waals surface area (Å²) >= 11 is 1.57. The summed E-state index contributed by atoms with van der Waals surface area (Å²) in [6.45, 7) is 5.78. The van der Waals surface area contributed by atoms with Crippen molar-refractivity contribution in [1.29, 1.82) is 5.26 Å². The van der Waals surface area contributed by atoms with E-state index in [4.69, 9.17) is 15.0 Å². The first-order chi connectivity index (χ1) is 20.3. The van der Waals surface area contributed by atoms with Crippen LogP contribution in [-0.2, 0) is 10.5 Å². The molecule has 4 N–H and O–H groups in total. The molecule has 0 spiro atoms. The van der Waals surface area contributed by atoms with Crippen LogP contribution >= 0.6 is 11.8 Å². The summed E-state index contributed by atoms with van der Waals surface area (Å²) in [7, 11) is 0. The summed E-state index contributed by atoms with van der Waals surface area (Å²) in [5.41, 5.74) is 13.6. The number of aromatic nitrogens is 4. The molecule has 5 aromatic rings. The molecule has 0 saturated carbocycles. The maximum atomic E-state index is 11.1. The zero-order valence-electron chi connectivity index (χ0n) is 23.4. The highest BCUT2D eigenvalue weighted by atomic mass is 32.2. The van der Waals surface area contributed by atoms with Gasteiger partial charge in [0.15, 0.2) is 12.0 Å². The van der Waals surface area contributed by atoms with Crippen LogP contribution in [0.3, 0.4) is 0 Å². The number of rotatable bonds is 7. The molecule has 0 bridgehead atoms. The van der Waals surface area contributed by atoms with Crippen LogP contribution in [-0.4, -0.2) is 54.0 Å². The van der Waals surface area contributed by atoms with Crippen LogP contribution in [0.5, 0.6) is 0 Å². The molecule has 1 aliphatic heterocycles. The van der Waals surface area contributed by atoms with Crippen LogP contribution in [0.1, 0.15) is 34.2 Å². The minimum atomic E-state index is -1.20. The van der Waals surface area contributed by atoms with E-state index in [1.807, 2.05) is 69.4 Å². The first-order valence-electron chi connectivity index (χ1n) is 13.5. The van der Waals surface area contributed by atoms with Gasteiger partial charge in [-0.15, -0.1) is 0 Å². The van der Waals surface area contributed by atoms with Crippen molar-refractivity contribution >= 4 is 28.6 Å². The van der Waals surface area contributed by atoms with Gasteiger partial charge in [0.25, 0.3) is 0 Å². The number of fused-ring (bicyclic) bond motifs is 1. The van der Waals surface area contributed by atoms with Gasteiger partial charge in [0, 0.05) is 34.4 Å². The monoisotopic (exact) mass is 582 g/mol. The standard InChI is InChI=1S/C31H30N6O4S/c1-16-9-19(11-32)10-17(2)24(16)21-12-37(30-25(21)29(33)34-15-35-30)31-27(39)26(38)23(40-31)14-42-13-22-18(3)36-41-28(22)20-7-5-4-6-8-20/h4-10,12,15,23,26-27,31,38-39H,13-14H2,1-3H3,(H2,33,34,35)/t23-,26-,27-,31-/m1/s1. The van der Waals surface area contributed by atoms with Gasteiger partial charge in [0.1, 0.15) is 30.0 Å². The maximum Gasteiger partial charge on any atom is 0.171 e. The van der Waals surface area contributed by atoms with E-state index >= 15 is 0 Å². The number of benzene rings is 2. The summed E-state index contributed by atoms with van der Waals surface area (Å²) in [6, 6.07) is 15.7. The lowest BCUT2D eigenvalue weighted by atomic mass is 9.94. The molecule has 0 aliphatic carbocycles. The molecule has 1 fully saturated rings. The van der Waals surface area contributed by atoms with Gasteiger partial charge in [-0.05, 0) is 49.6 Å². The Morgan fingerprint density at radius 3 is 2.52 bits per heavy atom. The first kappa shape index (κ1) is 27.9. The van der Waals surface area contributed by atoms with Crippen molar-refractivity contribution in [1.82, 2.24) is 19.7 Å². The highest BCUT2D eigenvalue weighted by Crippen LogP contribution is 2.41. The number of aryl methyl sites for hydroxylation is 3. The molecule has 2 aromatic carbocycles. The van der Waals surface area contributed by atoms with Crippen molar-refractivity contribution in [2.24, 2.45) is 0 Å². The Morgan fingerprint density at radius 1 is 1.07 bits per heavy atom. The zero-order chi connectivity index (χ0) is 29.5. The number of nitrogens with two attached hydrogens (primary N) is 1. The number of hydrogen-bond acceptors (Lipinski definition) is 10. The van der Waals surface area contributed by atoms with Gasteiger partial charge >= 0.3 is 0 Å². The number of thioether (sulfide) groups is 1. The molecule has 42 heavy (non-hydrogen) atoms. The van der Waals surface area contributed by atoms with Crippen LogP contribution in [0.4, 0.5) is 5.82 Å². The Morgan fingerprint density at radius 2 is 1.81 bits per heavy atom. The van der Waals surface area contributed by atoms with Gasteiger partial charge in [-0.25, -0.2) is 9.97 Å². The Bertz CT molecular complexity index is 1790. The van der Waals surface area contributed by atoms with E-state index in [1.54, 1.807) is 16.3 Å². The minimum Gasteiger partial charge on any atom is -0.387 e. The number of nitrogens with zero attached hydrogens (tertiary/aromatic N) is 5. The van der Waals surface area contributed by atoms with Crippen LogP contribution < -0.4 is 5.73 Å². The molecule has 0 unspecified atom stereocenters. The average molecular weight is 583 g/mol. The van der Waals surface area contributed by atoms with E-state index < -0.39 is 24.5 Å². The van der Waals surface area contributed by atoms with Crippen molar-refractivity contribution in [3.63, 3.8) is 0 Å². The number of nitriles is 1. The lowest BCUT2D eigenvalue weighted by Gasteiger charge is -2.17. The van der Waals surface area contributed by atoms with Gasteiger partial charge in [-0.2, -0.15) is 17.0 Å². The Hall–Kier alpha value is -4.21. The summed E-state index contributed by atoms with van der Waals surface area (Å²) in [4.78, 5) is 8.69. The number of hydrogen-bond donors (Lipinski definition) is 3. The number of anilines is 1. The topological polar surface area (TPSA) is 156 Å². The fourth-order valence-electron chi connectivity index (χ4n) is 5.69. The normalized spacial score (nSPS) is 20.3. The Labute approximate surface area is 246 Å². The molecule has 1 saturated heterocycles. The smallest absolute Gasteiger partial charge is 0.171 e. The van der Waals surface area contributed by atoms with Crippen LogP contribution in [0.2, 0.25) is 0 Å². The second kappa shape index (κ2) is 11.2. The second-order valence-electron chi connectivity index (χ2n) is 10.5. The molecule has 4 heterocycles. The molecular formula is C31H30N6O4S. The average Bonchev–Trinajstić information content (AvgIpc) is 3.63. The van der Waals surface area contributed by atoms with Crippen molar-refractivity contribution in [3.05, 3.63) is 82.9 Å². The van der Waals surface area contributed by atoms with Crippen LogP contribution in [0.15, 0.2) is 59.5 Å². The minimum absolute atomic E-state index is 0.287. The fourth-order valence-corrected chi connectivity index (χ4v) is 6.86. The number of ether oxygens (including phenoxy) is 1. The molecule has 4 atom stereocenters. The van der Waals surface area contributed by atoms with Crippen LogP contribution in [0.25, 0.3) is 33.5 Å². The predicted molar refractivity (Wildman–Crippen MR) is 160 cm³/mol. The number of aliphatic hydroxyl groups excluding tert-OH is 2. The summed E-state index contributed by atoms with van der Waals surface area (Å²) in [5, 5.41) is 36.3. The first-order valence-corrected chi connectivity index (χ1v) is 14.7. The van der Waals surface area contributed by atoms with E-state index in [1.165, 1.54) is 6.33 Å². The number of nitrogen functional groups attached to an aromatic ring is 1. The highest BCUT2D eigenvalue weighted by molar-refractivity contribution is 7.98. The lowest BCUT2D eigenvalue weighted by molar-refractivity contribution is -0.0285. The molecule has 11 heteroatoms. The van der Waals surface area contributed by atoms with Gasteiger partial charge in [-0.1, -0.05) is 35.5 Å². The molecule has 0 radical (unpaired) electrons. The third-order valence-electron chi connectivity index (χ3n) is 7.73. The van der Waals surface area contributed by atoms with E-state index in [-0.39, 0.29) is 5.82 Å². The van der Waals surface area contributed by atoms with E-state index in [0.717, 1.165) is 44.8 Å². The third-order valence-corrected chi connectivity index (χ3v) is 8.79. The quantitative estimate of drug-likeness (QED) is 0.246. The summed E-state index contributed by atoms with van der Waals surface area (Å²) in [6.07, 6.45) is -0.637. The predicted octanol–water partition coefficient (Wildman–Crippen LogP) is 4.69. The van der Waals surface area contributed by atoms with Gasteiger partial charge in [-0.3, -0.25) is 0 Å². The van der Waals surface area contributed by atoms with E-state index in [9.17, 15) is 15.5 Å². The SMILES string of the molecule is Cc1cc(C#N)cc(C)c1-c1cn([C@@H]2O[C@H](CSCc3c(C)noc3-c3ccccc3)[C@@H](O)[C@H]2O)c2ncnc(N)c12. The van der Waals surface area contributed by atoms with Crippen molar-refractivity contribution in [3.8, 4) is 28.5 Å². The van der Waals surface area contributed by atoms with Gasteiger partial charge < -0.3 is 29.8 Å². The molecule has 10 nitrogen and oxygen atoms in total. The Balaban J connectivity index is 1.27.